The lowest BCUT2D eigenvalue weighted by molar-refractivity contribution is -0.140. The predicted molar refractivity (Wildman–Crippen MR) is 148 cm³/mol. The molecule has 0 spiro atoms. The zero-order chi connectivity index (χ0) is 27.9. The van der Waals surface area contributed by atoms with E-state index >= 15 is 0 Å². The molecule has 2 fully saturated rings. The highest BCUT2D eigenvalue weighted by Crippen LogP contribution is 2.42. The van der Waals surface area contributed by atoms with Crippen molar-refractivity contribution in [1.82, 2.24) is 4.90 Å². The van der Waals surface area contributed by atoms with Gasteiger partial charge in [-0.05, 0) is 73.6 Å². The average molecular weight is 538 g/mol. The summed E-state index contributed by atoms with van der Waals surface area (Å²) >= 11 is 0. The van der Waals surface area contributed by atoms with Gasteiger partial charge >= 0.3 is 0 Å². The number of aliphatic hydroxyl groups is 1. The van der Waals surface area contributed by atoms with Gasteiger partial charge in [0.25, 0.3) is 11.7 Å². The molecule has 0 aliphatic carbocycles. The summed E-state index contributed by atoms with van der Waals surface area (Å²) < 4.78 is 23.0. The van der Waals surface area contributed by atoms with Gasteiger partial charge in [0.2, 0.25) is 0 Å². The fraction of sp³-hybridized carbons (Fsp3) is 0.484. The molecule has 39 heavy (non-hydrogen) atoms. The van der Waals surface area contributed by atoms with Gasteiger partial charge in [-0.15, -0.1) is 0 Å². The van der Waals surface area contributed by atoms with Crippen molar-refractivity contribution in [3.8, 4) is 17.2 Å². The molecule has 2 aromatic carbocycles. The summed E-state index contributed by atoms with van der Waals surface area (Å²) in [6, 6.07) is 11.5. The Bertz CT molecular complexity index is 1180. The van der Waals surface area contributed by atoms with E-state index < -0.39 is 17.7 Å². The van der Waals surface area contributed by atoms with Crippen molar-refractivity contribution in [1.29, 1.82) is 0 Å². The number of methoxy groups -OCH3 is 1. The molecule has 2 aliphatic rings. The van der Waals surface area contributed by atoms with Crippen LogP contribution in [0.5, 0.6) is 17.2 Å². The van der Waals surface area contributed by atoms with Crippen LogP contribution in [-0.2, 0) is 14.3 Å². The molecule has 2 saturated heterocycles. The van der Waals surface area contributed by atoms with E-state index in [0.29, 0.717) is 54.1 Å². The van der Waals surface area contributed by atoms with Gasteiger partial charge in [-0.2, -0.15) is 0 Å². The van der Waals surface area contributed by atoms with Crippen LogP contribution in [0.3, 0.4) is 0 Å². The minimum Gasteiger partial charge on any atom is -0.507 e. The molecule has 1 amide bonds. The number of nitrogens with zero attached hydrogens (tertiary/aromatic N) is 1. The number of aliphatic hydroxyl groups excluding tert-OH is 1. The molecule has 4 rings (SSSR count). The molecular weight excluding hydrogens is 498 g/mol. The molecule has 8 heteroatoms. The van der Waals surface area contributed by atoms with Gasteiger partial charge < -0.3 is 29.0 Å². The van der Waals surface area contributed by atoms with Crippen LogP contribution in [0.25, 0.3) is 5.76 Å². The van der Waals surface area contributed by atoms with Crippen LogP contribution in [0.15, 0.2) is 48.0 Å². The maximum absolute atomic E-state index is 13.4. The third-order valence-corrected chi connectivity index (χ3v) is 7.02. The van der Waals surface area contributed by atoms with Crippen molar-refractivity contribution < 1.29 is 33.6 Å². The second-order valence-electron chi connectivity index (χ2n) is 10.4. The molecule has 2 atom stereocenters. The van der Waals surface area contributed by atoms with Crippen LogP contribution in [0.4, 0.5) is 0 Å². The summed E-state index contributed by atoms with van der Waals surface area (Å²) in [4.78, 5) is 28.2. The number of carbonyl (C=O) groups excluding carboxylic acids is 2. The van der Waals surface area contributed by atoms with E-state index in [2.05, 4.69) is 13.8 Å². The standard InChI is InChI=1S/C31H39NO7/c1-5-15-37-23-11-8-21(9-12-23)29(33)27-28(32(31(35)30(27)34)19-24-7-6-16-38-24)22-10-13-25(26(18-22)36-4)39-17-14-20(2)3/h8-13,18,20,24,28,33H,5-7,14-17,19H2,1-4H3/t24-,28+/m1/s1. The predicted octanol–water partition coefficient (Wildman–Crippen LogP) is 5.51. The molecule has 210 valence electrons. The van der Waals surface area contributed by atoms with E-state index in [4.69, 9.17) is 18.9 Å². The van der Waals surface area contributed by atoms with Crippen LogP contribution in [0, 0.1) is 5.92 Å². The number of Topliss-reactive ketones (excluding diaryl/α,β-unsaturated/α-hetero) is 1. The summed E-state index contributed by atoms with van der Waals surface area (Å²) in [5, 5.41) is 11.4. The first kappa shape index (κ1) is 28.5. The number of benzene rings is 2. The molecular formula is C31H39NO7. The molecule has 2 aliphatic heterocycles. The fourth-order valence-electron chi connectivity index (χ4n) is 4.89. The first-order valence-electron chi connectivity index (χ1n) is 13.8. The average Bonchev–Trinajstić information content (AvgIpc) is 3.54. The number of carbonyl (C=O) groups is 2. The van der Waals surface area contributed by atoms with Gasteiger partial charge in [-0.25, -0.2) is 0 Å². The Morgan fingerprint density at radius 1 is 1.08 bits per heavy atom. The minimum absolute atomic E-state index is 0.0377. The van der Waals surface area contributed by atoms with Crippen molar-refractivity contribution in [2.24, 2.45) is 5.92 Å². The molecule has 0 radical (unpaired) electrons. The Labute approximate surface area is 230 Å². The lowest BCUT2D eigenvalue weighted by Crippen LogP contribution is -2.36. The molecule has 2 heterocycles. The van der Waals surface area contributed by atoms with E-state index in [-0.39, 0.29) is 24.0 Å². The Hall–Kier alpha value is -3.52. The first-order chi connectivity index (χ1) is 18.8. The number of hydrogen-bond acceptors (Lipinski definition) is 7. The second-order valence-corrected chi connectivity index (χ2v) is 10.4. The van der Waals surface area contributed by atoms with Crippen LogP contribution in [0.2, 0.25) is 0 Å². The largest absolute Gasteiger partial charge is 0.507 e. The van der Waals surface area contributed by atoms with Gasteiger partial charge in [-0.3, -0.25) is 9.59 Å². The minimum atomic E-state index is -0.802. The number of ketones is 1. The number of rotatable bonds is 12. The topological polar surface area (TPSA) is 94.5 Å². The lowest BCUT2D eigenvalue weighted by atomic mass is 9.94. The molecule has 0 bridgehead atoms. The quantitative estimate of drug-likeness (QED) is 0.217. The van der Waals surface area contributed by atoms with E-state index in [1.807, 2.05) is 13.0 Å². The van der Waals surface area contributed by atoms with E-state index in [9.17, 15) is 14.7 Å². The normalized spacial score (nSPS) is 20.6. The number of hydrogen-bond donors (Lipinski definition) is 1. The molecule has 0 unspecified atom stereocenters. The van der Waals surface area contributed by atoms with E-state index in [1.54, 1.807) is 43.5 Å². The molecule has 2 aromatic rings. The smallest absolute Gasteiger partial charge is 0.295 e. The Balaban J connectivity index is 1.73. The summed E-state index contributed by atoms with van der Waals surface area (Å²) in [7, 11) is 1.56. The number of likely N-dealkylation sites (tertiary alicyclic amines) is 1. The van der Waals surface area contributed by atoms with Crippen molar-refractivity contribution >= 4 is 17.4 Å². The molecule has 0 saturated carbocycles. The third kappa shape index (κ3) is 6.56. The van der Waals surface area contributed by atoms with Crippen LogP contribution in [0.1, 0.15) is 63.6 Å². The highest BCUT2D eigenvalue weighted by atomic mass is 16.5. The molecule has 1 N–H and O–H groups in total. The summed E-state index contributed by atoms with van der Waals surface area (Å²) in [5.74, 6) is 0.638. The van der Waals surface area contributed by atoms with Gasteiger partial charge in [0.1, 0.15) is 11.5 Å². The van der Waals surface area contributed by atoms with E-state index in [0.717, 1.165) is 25.7 Å². The van der Waals surface area contributed by atoms with Gasteiger partial charge in [0, 0.05) is 18.7 Å². The zero-order valence-corrected chi connectivity index (χ0v) is 23.3. The summed E-state index contributed by atoms with van der Waals surface area (Å²) in [6.45, 7) is 8.29. The van der Waals surface area contributed by atoms with Gasteiger partial charge in [0.15, 0.2) is 11.5 Å². The molecule has 8 nitrogen and oxygen atoms in total. The van der Waals surface area contributed by atoms with E-state index in [1.165, 1.54) is 4.90 Å². The Morgan fingerprint density at radius 3 is 2.49 bits per heavy atom. The van der Waals surface area contributed by atoms with Crippen molar-refractivity contribution in [2.75, 3.05) is 33.5 Å². The van der Waals surface area contributed by atoms with Crippen molar-refractivity contribution in [2.45, 2.75) is 58.6 Å². The summed E-state index contributed by atoms with van der Waals surface area (Å²) in [6.07, 6.45) is 3.32. The third-order valence-electron chi connectivity index (χ3n) is 7.02. The SMILES string of the molecule is CCCOc1ccc(C(O)=C2C(=O)C(=O)N(C[C@H]3CCCO3)[C@H]2c2ccc(OCCC(C)C)c(OC)c2)cc1. The Kier molecular flexibility index (Phi) is 9.51. The maximum atomic E-state index is 13.4. The lowest BCUT2D eigenvalue weighted by Gasteiger charge is -2.28. The van der Waals surface area contributed by atoms with Crippen LogP contribution < -0.4 is 14.2 Å². The second kappa shape index (κ2) is 13.0. The highest BCUT2D eigenvalue weighted by Gasteiger charge is 2.47. The fourth-order valence-corrected chi connectivity index (χ4v) is 4.89. The molecule has 0 aromatic heterocycles. The van der Waals surface area contributed by atoms with Crippen LogP contribution >= 0.6 is 0 Å². The monoisotopic (exact) mass is 537 g/mol. The zero-order valence-electron chi connectivity index (χ0n) is 23.3. The van der Waals surface area contributed by atoms with Crippen LogP contribution in [-0.4, -0.2) is 61.3 Å². The maximum Gasteiger partial charge on any atom is 0.295 e. The summed E-state index contributed by atoms with van der Waals surface area (Å²) in [5.41, 5.74) is 1.11. The van der Waals surface area contributed by atoms with Gasteiger partial charge in [0.05, 0.1) is 38.0 Å². The van der Waals surface area contributed by atoms with Crippen molar-refractivity contribution in [3.63, 3.8) is 0 Å². The number of ether oxygens (including phenoxy) is 4. The number of amides is 1. The highest BCUT2D eigenvalue weighted by molar-refractivity contribution is 6.46. The van der Waals surface area contributed by atoms with Crippen molar-refractivity contribution in [3.05, 3.63) is 59.2 Å². The van der Waals surface area contributed by atoms with Gasteiger partial charge in [-0.1, -0.05) is 26.8 Å². The first-order valence-corrected chi connectivity index (χ1v) is 13.8. The Morgan fingerprint density at radius 2 is 1.85 bits per heavy atom.